The first-order valence-corrected chi connectivity index (χ1v) is 21.0. The van der Waals surface area contributed by atoms with Crippen molar-refractivity contribution in [2.24, 2.45) is 0 Å². The van der Waals surface area contributed by atoms with Crippen molar-refractivity contribution in [3.63, 3.8) is 0 Å². The molecule has 0 bridgehead atoms. The van der Waals surface area contributed by atoms with Gasteiger partial charge >= 0.3 is 7.69 Å². The van der Waals surface area contributed by atoms with E-state index in [0.29, 0.717) is 37.9 Å². The van der Waals surface area contributed by atoms with Crippen molar-refractivity contribution in [1.29, 1.82) is 0 Å². The third-order valence-corrected chi connectivity index (χ3v) is 12.6. The van der Waals surface area contributed by atoms with Crippen LogP contribution in [0.25, 0.3) is 11.1 Å². The number of carbonyl (C=O) groups is 3. The molecule has 11 heteroatoms. The summed E-state index contributed by atoms with van der Waals surface area (Å²) in [4.78, 5) is 46.5. The number of piperidine rings is 2. The molecular weight excluding hydrogens is 725 g/mol. The number of piperazine rings is 1. The van der Waals surface area contributed by atoms with Gasteiger partial charge in [-0.15, -0.1) is 0 Å². The minimum atomic E-state index is -0.587. The number of likely N-dealkylation sites (tertiary alicyclic amines) is 1. The molecule has 4 aliphatic heterocycles. The van der Waals surface area contributed by atoms with Crippen LogP contribution in [0.15, 0.2) is 97.1 Å². The normalized spacial score (nSPS) is 19.8. The van der Waals surface area contributed by atoms with Crippen molar-refractivity contribution >= 4 is 42.2 Å². The van der Waals surface area contributed by atoms with E-state index in [2.05, 4.69) is 99.7 Å². The molecule has 8 rings (SSSR count). The maximum absolute atomic E-state index is 13.1. The van der Waals surface area contributed by atoms with Gasteiger partial charge in [0, 0.05) is 50.4 Å². The average molecular weight is 779 g/mol. The zero-order valence-corrected chi connectivity index (χ0v) is 33.4. The lowest BCUT2D eigenvalue weighted by Crippen LogP contribution is -2.52. The van der Waals surface area contributed by atoms with E-state index in [4.69, 9.17) is 9.68 Å². The molecule has 1 atom stereocenters. The standard InChI is InChI=1S/C47H53BN5O5/c1-2-41(35-7-4-3-5-8-35)45(37-13-16-40(17-14-37)58-48-57)36-11-9-33(10-12-36)34-21-25-50(26-22-34)23-6-24-51-27-29-52(30-28-51)39-15-18-42-38(31-39)32-53(47(42)56)43-19-20-44(54)49-46(43)55/h3-5,7-18,31,34,43,57H,2,6,19-30,32H2,1H3,(H,49,54,55)/b45-41+. The Morgan fingerprint density at radius 3 is 2.10 bits per heavy atom. The first kappa shape index (κ1) is 39.6. The van der Waals surface area contributed by atoms with E-state index in [-0.39, 0.29) is 24.1 Å². The number of nitrogens with one attached hydrogen (secondary N) is 1. The summed E-state index contributed by atoms with van der Waals surface area (Å²) < 4.78 is 5.19. The number of allylic oxidation sites excluding steroid dienone is 1. The van der Waals surface area contributed by atoms with Gasteiger partial charge < -0.3 is 24.4 Å². The van der Waals surface area contributed by atoms with E-state index in [9.17, 15) is 14.4 Å². The second-order valence-corrected chi connectivity index (χ2v) is 16.0. The Balaban J connectivity index is 0.805. The van der Waals surface area contributed by atoms with E-state index in [1.54, 1.807) is 4.90 Å². The van der Waals surface area contributed by atoms with Gasteiger partial charge in [0.25, 0.3) is 5.91 Å². The fourth-order valence-electron chi connectivity index (χ4n) is 9.36. The molecule has 0 aromatic heterocycles. The predicted molar refractivity (Wildman–Crippen MR) is 228 cm³/mol. The van der Waals surface area contributed by atoms with Crippen LogP contribution in [-0.4, -0.2) is 104 Å². The summed E-state index contributed by atoms with van der Waals surface area (Å²) >= 11 is 0. The van der Waals surface area contributed by atoms with Crippen LogP contribution in [0.3, 0.4) is 0 Å². The largest absolute Gasteiger partial charge is 0.569 e. The van der Waals surface area contributed by atoms with Crippen molar-refractivity contribution in [2.75, 3.05) is 57.3 Å². The highest BCUT2D eigenvalue weighted by Crippen LogP contribution is 2.37. The number of nitrogens with zero attached hydrogens (tertiary/aromatic N) is 4. The van der Waals surface area contributed by atoms with E-state index in [1.165, 1.54) is 40.7 Å². The Bertz CT molecular complexity index is 2110. The second kappa shape index (κ2) is 18.1. The molecule has 10 nitrogen and oxygen atoms in total. The van der Waals surface area contributed by atoms with E-state index >= 15 is 0 Å². The molecule has 4 aliphatic rings. The Kier molecular flexibility index (Phi) is 12.4. The number of rotatable bonds is 13. The molecular formula is C47H53BN5O5. The van der Waals surface area contributed by atoms with Crippen molar-refractivity contribution in [3.8, 4) is 5.75 Å². The molecule has 4 aromatic rings. The predicted octanol–water partition coefficient (Wildman–Crippen LogP) is 6.11. The van der Waals surface area contributed by atoms with Crippen molar-refractivity contribution in [2.45, 2.75) is 64.0 Å². The van der Waals surface area contributed by atoms with Gasteiger partial charge in [-0.05, 0) is 133 Å². The SMILES string of the molecule is CC/C(=C(\c1ccc(O[B]O)cc1)c1ccc(C2CCN(CCCN3CCN(c4ccc5c(c4)CN(C4CCC(=O)NC4=O)C5=O)CC3)CC2)cc1)c1ccccc1. The quantitative estimate of drug-likeness (QED) is 0.0953. The summed E-state index contributed by atoms with van der Waals surface area (Å²) in [6.45, 7) is 11.0. The molecule has 2 N–H and O–H groups in total. The van der Waals surface area contributed by atoms with Gasteiger partial charge in [-0.3, -0.25) is 24.6 Å². The molecule has 3 amide bonds. The molecule has 0 aliphatic carbocycles. The highest BCUT2D eigenvalue weighted by molar-refractivity contribution is 6.17. The fraction of sp³-hybridized carbons (Fsp3) is 0.383. The minimum Gasteiger partial charge on any atom is -0.537 e. The van der Waals surface area contributed by atoms with Gasteiger partial charge in [-0.2, -0.15) is 0 Å². The average Bonchev–Trinajstić information content (AvgIpc) is 3.59. The number of fused-ring (bicyclic) bond motifs is 1. The summed E-state index contributed by atoms with van der Waals surface area (Å²) in [6.07, 6.45) is 5.05. The minimum absolute atomic E-state index is 0.124. The van der Waals surface area contributed by atoms with Crippen molar-refractivity contribution in [3.05, 3.63) is 130 Å². The molecule has 299 valence electrons. The maximum Gasteiger partial charge on any atom is 0.569 e. The molecule has 1 radical (unpaired) electrons. The van der Waals surface area contributed by atoms with Crippen LogP contribution in [0.5, 0.6) is 5.75 Å². The van der Waals surface area contributed by atoms with Crippen LogP contribution in [0.4, 0.5) is 5.69 Å². The number of imide groups is 1. The molecule has 1 unspecified atom stereocenters. The lowest BCUT2D eigenvalue weighted by molar-refractivity contribution is -0.136. The molecule has 58 heavy (non-hydrogen) atoms. The highest BCUT2D eigenvalue weighted by atomic mass is 16.5. The maximum atomic E-state index is 13.1. The number of benzene rings is 4. The van der Waals surface area contributed by atoms with Crippen LogP contribution in [0.1, 0.15) is 89.5 Å². The lowest BCUT2D eigenvalue weighted by atomic mass is 9.85. The first-order valence-electron chi connectivity index (χ1n) is 21.0. The van der Waals surface area contributed by atoms with Gasteiger partial charge in [-0.1, -0.05) is 73.7 Å². The van der Waals surface area contributed by atoms with Gasteiger partial charge in [0.05, 0.1) is 0 Å². The van der Waals surface area contributed by atoms with Gasteiger partial charge in [-0.25, -0.2) is 0 Å². The smallest absolute Gasteiger partial charge is 0.537 e. The zero-order chi connectivity index (χ0) is 40.0. The van der Waals surface area contributed by atoms with Crippen LogP contribution in [-0.2, 0) is 16.1 Å². The van der Waals surface area contributed by atoms with Gasteiger partial charge in [0.15, 0.2) is 0 Å². The summed E-state index contributed by atoms with van der Waals surface area (Å²) in [5.41, 5.74) is 10.2. The number of amides is 3. The summed E-state index contributed by atoms with van der Waals surface area (Å²) in [5, 5.41) is 11.5. The zero-order valence-electron chi connectivity index (χ0n) is 33.4. The molecule has 4 heterocycles. The second-order valence-electron chi connectivity index (χ2n) is 16.0. The van der Waals surface area contributed by atoms with E-state index < -0.39 is 6.04 Å². The Labute approximate surface area is 342 Å². The summed E-state index contributed by atoms with van der Waals surface area (Å²) in [7, 11) is 0.715. The molecule has 3 fully saturated rings. The number of anilines is 1. The van der Waals surface area contributed by atoms with E-state index in [1.807, 2.05) is 24.3 Å². The van der Waals surface area contributed by atoms with Crippen molar-refractivity contribution < 1.29 is 24.1 Å². The molecule has 0 spiro atoms. The molecule has 3 saturated heterocycles. The number of hydrogen-bond acceptors (Lipinski definition) is 8. The van der Waals surface area contributed by atoms with Gasteiger partial charge in [0.2, 0.25) is 11.8 Å². The lowest BCUT2D eigenvalue weighted by Gasteiger charge is -2.37. The van der Waals surface area contributed by atoms with Crippen LogP contribution < -0.4 is 14.9 Å². The third-order valence-electron chi connectivity index (χ3n) is 12.6. The third kappa shape index (κ3) is 8.77. The monoisotopic (exact) mass is 778 g/mol. The van der Waals surface area contributed by atoms with Crippen LogP contribution in [0.2, 0.25) is 0 Å². The topological polar surface area (TPSA) is 106 Å². The van der Waals surface area contributed by atoms with E-state index in [0.717, 1.165) is 82.0 Å². The molecule has 4 aromatic carbocycles. The van der Waals surface area contributed by atoms with Crippen LogP contribution >= 0.6 is 0 Å². The van der Waals surface area contributed by atoms with Crippen molar-refractivity contribution in [1.82, 2.24) is 20.0 Å². The Morgan fingerprint density at radius 1 is 0.776 bits per heavy atom. The molecule has 0 saturated carbocycles. The summed E-state index contributed by atoms with van der Waals surface area (Å²) in [5.74, 6) is 0.397. The highest BCUT2D eigenvalue weighted by Gasteiger charge is 2.39. The first-order chi connectivity index (χ1) is 28.4. The summed E-state index contributed by atoms with van der Waals surface area (Å²) in [6, 6.07) is 33.3. The number of carbonyl (C=O) groups excluding carboxylic acids is 3. The fourth-order valence-corrected chi connectivity index (χ4v) is 9.36. The van der Waals surface area contributed by atoms with Gasteiger partial charge in [0.1, 0.15) is 11.8 Å². The Hall–Kier alpha value is -5.23. The van der Waals surface area contributed by atoms with Crippen LogP contribution in [0, 0.1) is 0 Å². The number of hydrogen-bond donors (Lipinski definition) is 2. The Morgan fingerprint density at radius 2 is 1.45 bits per heavy atom.